The molecule has 0 aliphatic rings. The molecule has 0 aromatic heterocycles. The van der Waals surface area contributed by atoms with Crippen LogP contribution in [0.2, 0.25) is 0 Å². The van der Waals surface area contributed by atoms with Crippen LogP contribution in [0.5, 0.6) is 0 Å². The number of carboxylic acids is 1. The summed E-state index contributed by atoms with van der Waals surface area (Å²) >= 11 is 0. The van der Waals surface area contributed by atoms with E-state index in [1.54, 1.807) is 19.0 Å². The van der Waals surface area contributed by atoms with Gasteiger partial charge in [-0.05, 0) is 20.5 Å². The molecule has 0 aliphatic carbocycles. The minimum absolute atomic E-state index is 0.123. The fraction of sp³-hybridized carbons (Fsp3) is 0.800. The third kappa shape index (κ3) is 8.94. The van der Waals surface area contributed by atoms with Crippen LogP contribution in [-0.2, 0) is 19.4 Å². The molecule has 0 fully saturated rings. The first-order valence-electron chi connectivity index (χ1n) is 5.46. The van der Waals surface area contributed by atoms with Gasteiger partial charge in [-0.3, -0.25) is 4.79 Å². The smallest absolute Gasteiger partial charge is 0.326 e. The molecule has 7 nitrogen and oxygen atoms in total. The molecule has 8 heteroatoms. The second kappa shape index (κ2) is 7.32. The highest BCUT2D eigenvalue weighted by molar-refractivity contribution is 7.90. The maximum Gasteiger partial charge on any atom is 0.326 e. The number of sulfone groups is 1. The summed E-state index contributed by atoms with van der Waals surface area (Å²) in [6, 6.07) is -1.16. The molecule has 0 saturated carbocycles. The molecule has 2 N–H and O–H groups in total. The fourth-order valence-corrected chi connectivity index (χ4v) is 1.84. The molecule has 0 rings (SSSR count). The van der Waals surface area contributed by atoms with Crippen molar-refractivity contribution in [3.05, 3.63) is 0 Å². The average Bonchev–Trinajstić information content (AvgIpc) is 2.19. The first-order valence-corrected chi connectivity index (χ1v) is 7.52. The molecule has 1 atom stereocenters. The van der Waals surface area contributed by atoms with E-state index in [-0.39, 0.29) is 18.6 Å². The summed E-state index contributed by atoms with van der Waals surface area (Å²) in [7, 11) is 0.357. The van der Waals surface area contributed by atoms with E-state index in [1.165, 1.54) is 0 Å². The lowest BCUT2D eigenvalue weighted by atomic mass is 10.2. The molecule has 0 bridgehead atoms. The summed E-state index contributed by atoms with van der Waals surface area (Å²) in [6.45, 7) is 0.504. The number of carboxylic acid groups (broad SMARTS) is 1. The Labute approximate surface area is 107 Å². The van der Waals surface area contributed by atoms with Gasteiger partial charge in [-0.25, -0.2) is 13.2 Å². The molecular formula is C10H20N2O5S. The van der Waals surface area contributed by atoms with Gasteiger partial charge < -0.3 is 15.3 Å². The lowest BCUT2D eigenvalue weighted by molar-refractivity contribution is -0.141. The van der Waals surface area contributed by atoms with E-state index >= 15 is 0 Å². The summed E-state index contributed by atoms with van der Waals surface area (Å²) in [5.74, 6) is -1.89. The molecule has 1 amide bonds. The Balaban J connectivity index is 4.28. The minimum Gasteiger partial charge on any atom is -0.480 e. The maximum atomic E-state index is 11.4. The minimum atomic E-state index is -3.24. The molecule has 106 valence electrons. The molecule has 0 aromatic rings. The first-order chi connectivity index (χ1) is 8.11. The van der Waals surface area contributed by atoms with Crippen LogP contribution >= 0.6 is 0 Å². The van der Waals surface area contributed by atoms with Crippen LogP contribution in [0.4, 0.5) is 0 Å². The van der Waals surface area contributed by atoms with E-state index in [4.69, 9.17) is 5.11 Å². The van der Waals surface area contributed by atoms with Gasteiger partial charge in [-0.1, -0.05) is 0 Å². The number of rotatable bonds is 8. The van der Waals surface area contributed by atoms with Gasteiger partial charge >= 0.3 is 5.97 Å². The van der Waals surface area contributed by atoms with E-state index in [1.807, 2.05) is 0 Å². The predicted octanol–water partition coefficient (Wildman–Crippen LogP) is -1.06. The van der Waals surface area contributed by atoms with Crippen molar-refractivity contribution in [1.82, 2.24) is 10.2 Å². The SMILES string of the molecule is CN(C)CCC(=O)NC(CCS(C)(=O)=O)C(=O)O. The third-order valence-corrected chi connectivity index (χ3v) is 3.17. The van der Waals surface area contributed by atoms with Crippen LogP contribution in [0.1, 0.15) is 12.8 Å². The van der Waals surface area contributed by atoms with Gasteiger partial charge in [0.05, 0.1) is 5.75 Å². The number of carbonyl (C=O) groups is 2. The topological polar surface area (TPSA) is 104 Å². The van der Waals surface area contributed by atoms with Crippen molar-refractivity contribution in [1.29, 1.82) is 0 Å². The largest absolute Gasteiger partial charge is 0.480 e. The highest BCUT2D eigenvalue weighted by Gasteiger charge is 2.21. The summed E-state index contributed by atoms with van der Waals surface area (Å²) in [6.07, 6.45) is 1.08. The van der Waals surface area contributed by atoms with E-state index in [0.717, 1.165) is 6.26 Å². The lowest BCUT2D eigenvalue weighted by Gasteiger charge is -2.15. The number of nitrogens with one attached hydrogen (secondary N) is 1. The summed E-state index contributed by atoms with van der Waals surface area (Å²) < 4.78 is 21.9. The highest BCUT2D eigenvalue weighted by Crippen LogP contribution is 1.98. The molecule has 18 heavy (non-hydrogen) atoms. The number of aliphatic carboxylic acids is 1. The van der Waals surface area contributed by atoms with Crippen LogP contribution in [0.25, 0.3) is 0 Å². The second-order valence-corrected chi connectivity index (χ2v) is 6.69. The lowest BCUT2D eigenvalue weighted by Crippen LogP contribution is -2.42. The number of amides is 1. The van der Waals surface area contributed by atoms with Crippen molar-refractivity contribution in [2.24, 2.45) is 0 Å². The highest BCUT2D eigenvalue weighted by atomic mass is 32.2. The van der Waals surface area contributed by atoms with Gasteiger partial charge in [0.15, 0.2) is 0 Å². The molecular weight excluding hydrogens is 260 g/mol. The van der Waals surface area contributed by atoms with Crippen molar-refractivity contribution < 1.29 is 23.1 Å². The van der Waals surface area contributed by atoms with E-state index in [2.05, 4.69) is 5.32 Å². The van der Waals surface area contributed by atoms with Gasteiger partial charge in [0, 0.05) is 19.2 Å². The molecule has 0 spiro atoms. The van der Waals surface area contributed by atoms with Crippen molar-refractivity contribution in [3.8, 4) is 0 Å². The Morgan fingerprint density at radius 3 is 2.28 bits per heavy atom. The standard InChI is InChI=1S/C10H20N2O5S/c1-12(2)6-4-9(13)11-8(10(14)15)5-7-18(3,16)17/h8H,4-7H2,1-3H3,(H,11,13)(H,14,15). The zero-order valence-electron chi connectivity index (χ0n) is 10.8. The molecule has 0 heterocycles. The maximum absolute atomic E-state index is 11.4. The van der Waals surface area contributed by atoms with Crippen LogP contribution < -0.4 is 5.32 Å². The van der Waals surface area contributed by atoms with Gasteiger partial charge in [-0.15, -0.1) is 0 Å². The average molecular weight is 280 g/mol. The number of carbonyl (C=O) groups excluding carboxylic acids is 1. The monoisotopic (exact) mass is 280 g/mol. The van der Waals surface area contributed by atoms with Crippen LogP contribution in [0.3, 0.4) is 0 Å². The number of hydrogen-bond donors (Lipinski definition) is 2. The normalized spacial score (nSPS) is 13.3. The quantitative estimate of drug-likeness (QED) is 0.587. The van der Waals surface area contributed by atoms with Gasteiger partial charge in [0.2, 0.25) is 5.91 Å². The number of nitrogens with zero attached hydrogens (tertiary/aromatic N) is 1. The second-order valence-electron chi connectivity index (χ2n) is 4.43. The summed E-state index contributed by atoms with van der Waals surface area (Å²) in [5.41, 5.74) is 0. The third-order valence-electron chi connectivity index (χ3n) is 2.20. The summed E-state index contributed by atoms with van der Waals surface area (Å²) in [4.78, 5) is 24.1. The van der Waals surface area contributed by atoms with Gasteiger partial charge in [0.1, 0.15) is 15.9 Å². The molecule has 0 radical (unpaired) electrons. The van der Waals surface area contributed by atoms with Crippen LogP contribution in [-0.4, -0.2) is 69.0 Å². The Kier molecular flexibility index (Phi) is 6.85. The predicted molar refractivity (Wildman–Crippen MR) is 67.1 cm³/mol. The van der Waals surface area contributed by atoms with Crippen molar-refractivity contribution in [2.75, 3.05) is 32.6 Å². The zero-order chi connectivity index (χ0) is 14.3. The van der Waals surface area contributed by atoms with E-state index in [0.29, 0.717) is 6.54 Å². The number of hydrogen-bond acceptors (Lipinski definition) is 5. The Morgan fingerprint density at radius 1 is 1.33 bits per heavy atom. The molecule has 0 aliphatic heterocycles. The molecule has 1 unspecified atom stereocenters. The van der Waals surface area contributed by atoms with Gasteiger partial charge in [0.25, 0.3) is 0 Å². The zero-order valence-corrected chi connectivity index (χ0v) is 11.7. The Morgan fingerprint density at radius 2 is 1.89 bits per heavy atom. The first kappa shape index (κ1) is 16.9. The fourth-order valence-electron chi connectivity index (χ4n) is 1.18. The Bertz CT molecular complexity index is 391. The van der Waals surface area contributed by atoms with Crippen molar-refractivity contribution in [2.45, 2.75) is 18.9 Å². The van der Waals surface area contributed by atoms with E-state index in [9.17, 15) is 18.0 Å². The van der Waals surface area contributed by atoms with E-state index < -0.39 is 27.8 Å². The van der Waals surface area contributed by atoms with Crippen LogP contribution in [0.15, 0.2) is 0 Å². The Hall–Kier alpha value is -1.15. The molecule has 0 saturated heterocycles. The molecule has 0 aromatic carbocycles. The van der Waals surface area contributed by atoms with Crippen molar-refractivity contribution in [3.63, 3.8) is 0 Å². The van der Waals surface area contributed by atoms with Crippen LogP contribution in [0, 0.1) is 0 Å². The van der Waals surface area contributed by atoms with Crippen molar-refractivity contribution >= 4 is 21.7 Å². The summed E-state index contributed by atoms with van der Waals surface area (Å²) in [5, 5.41) is 11.2. The van der Waals surface area contributed by atoms with Gasteiger partial charge in [-0.2, -0.15) is 0 Å².